The third kappa shape index (κ3) is 3.82. The van der Waals surface area contributed by atoms with Crippen molar-refractivity contribution >= 4 is 34.6 Å². The number of nitrogens with zero attached hydrogens (tertiary/aromatic N) is 3. The predicted molar refractivity (Wildman–Crippen MR) is 121 cm³/mol. The lowest BCUT2D eigenvalue weighted by Crippen LogP contribution is -2.44. The number of hydrogen-bond donors (Lipinski definition) is 1. The van der Waals surface area contributed by atoms with Crippen LogP contribution in [0.15, 0.2) is 36.4 Å². The molecule has 1 N–H and O–H groups in total. The van der Waals surface area contributed by atoms with Crippen molar-refractivity contribution in [1.82, 2.24) is 0 Å². The summed E-state index contributed by atoms with van der Waals surface area (Å²) in [7, 11) is 0. The summed E-state index contributed by atoms with van der Waals surface area (Å²) < 4.78 is 51.9. The van der Waals surface area contributed by atoms with E-state index in [1.54, 1.807) is 39.0 Å². The summed E-state index contributed by atoms with van der Waals surface area (Å²) in [6, 6.07) is 9.45. The molecule has 2 atom stereocenters. The van der Waals surface area contributed by atoms with E-state index in [0.29, 0.717) is 17.2 Å². The van der Waals surface area contributed by atoms with Crippen molar-refractivity contribution in [3.8, 4) is 17.6 Å². The van der Waals surface area contributed by atoms with Crippen molar-refractivity contribution in [2.75, 3.05) is 16.4 Å². The van der Waals surface area contributed by atoms with E-state index in [2.05, 4.69) is 0 Å². The minimum Gasteiger partial charge on any atom is -0.486 e. The van der Waals surface area contributed by atoms with Crippen LogP contribution in [0.3, 0.4) is 0 Å². The fraction of sp³-hybridized carbons (Fsp3) is 0.348. The lowest BCUT2D eigenvalue weighted by Gasteiger charge is -2.32. The number of nitriles is 1. The van der Waals surface area contributed by atoms with Crippen LogP contribution in [0.5, 0.6) is 11.5 Å². The summed E-state index contributed by atoms with van der Waals surface area (Å²) in [4.78, 5) is 15.9. The standard InChI is InChI=1S/C23H20F3N3O4S/c1-12(30)19-11-32-18-9-15(6-7-17(18)33-19)29-21(34)28(20(31)22(29,2)3)14-5-4-13(10-27)16(8-14)23(24,25)26/h4-9,12,19,30H,11H2,1-3H3/t12-,19+/m0/s1. The molecule has 1 saturated heterocycles. The number of ether oxygens (including phenoxy) is 2. The van der Waals surface area contributed by atoms with Gasteiger partial charge in [0, 0.05) is 11.8 Å². The quantitative estimate of drug-likeness (QED) is 0.650. The highest BCUT2D eigenvalue weighted by Crippen LogP contribution is 2.42. The highest BCUT2D eigenvalue weighted by molar-refractivity contribution is 7.81. The van der Waals surface area contributed by atoms with Gasteiger partial charge in [-0.2, -0.15) is 18.4 Å². The van der Waals surface area contributed by atoms with Crippen molar-refractivity contribution in [3.05, 3.63) is 47.5 Å². The molecule has 0 spiro atoms. The fourth-order valence-electron chi connectivity index (χ4n) is 3.91. The summed E-state index contributed by atoms with van der Waals surface area (Å²) in [6.07, 6.45) is -6.04. The molecule has 2 aromatic rings. The number of aliphatic hydroxyl groups is 1. The average molecular weight is 491 g/mol. The molecule has 2 heterocycles. The Hall–Kier alpha value is -3.36. The van der Waals surface area contributed by atoms with E-state index in [9.17, 15) is 23.1 Å². The number of benzene rings is 2. The molecule has 0 unspecified atom stereocenters. The predicted octanol–water partition coefficient (Wildman–Crippen LogP) is 4.01. The summed E-state index contributed by atoms with van der Waals surface area (Å²) in [5.74, 6) is 0.268. The summed E-state index contributed by atoms with van der Waals surface area (Å²) in [5, 5.41) is 18.8. The second kappa shape index (κ2) is 8.14. The van der Waals surface area contributed by atoms with E-state index < -0.39 is 41.0 Å². The molecule has 7 nitrogen and oxygen atoms in total. The van der Waals surface area contributed by atoms with Gasteiger partial charge in [0.2, 0.25) is 0 Å². The molecule has 178 valence electrons. The van der Waals surface area contributed by atoms with Crippen molar-refractivity contribution in [2.45, 2.75) is 44.7 Å². The van der Waals surface area contributed by atoms with Crippen LogP contribution in [-0.2, 0) is 11.0 Å². The summed E-state index contributed by atoms with van der Waals surface area (Å²) >= 11 is 5.54. The molecular formula is C23H20F3N3O4S. The number of aliphatic hydroxyl groups excluding tert-OH is 1. The number of carbonyl (C=O) groups is 1. The number of alkyl halides is 3. The molecule has 2 aliphatic heterocycles. The molecular weight excluding hydrogens is 471 g/mol. The van der Waals surface area contributed by atoms with Gasteiger partial charge in [-0.3, -0.25) is 9.69 Å². The van der Waals surface area contributed by atoms with Gasteiger partial charge in [0.15, 0.2) is 22.7 Å². The van der Waals surface area contributed by atoms with Gasteiger partial charge >= 0.3 is 6.18 Å². The van der Waals surface area contributed by atoms with Crippen LogP contribution in [0, 0.1) is 11.3 Å². The van der Waals surface area contributed by atoms with Gasteiger partial charge in [-0.1, -0.05) is 0 Å². The van der Waals surface area contributed by atoms with E-state index in [1.807, 2.05) is 0 Å². The third-order valence-electron chi connectivity index (χ3n) is 5.76. The molecule has 0 aromatic heterocycles. The number of amides is 1. The number of anilines is 2. The molecule has 11 heteroatoms. The SMILES string of the molecule is C[C@H](O)[C@H]1COc2cc(N3C(=S)N(c4ccc(C#N)c(C(F)(F)F)c4)C(=O)C3(C)C)ccc2O1. The molecule has 2 aromatic carbocycles. The second-order valence-corrected chi connectivity index (χ2v) is 8.86. The van der Waals surface area contributed by atoms with Crippen LogP contribution < -0.4 is 19.3 Å². The fourth-order valence-corrected chi connectivity index (χ4v) is 4.43. The molecule has 1 fully saturated rings. The Bertz CT molecular complexity index is 1220. The number of halogens is 3. The largest absolute Gasteiger partial charge is 0.486 e. The van der Waals surface area contributed by atoms with E-state index in [1.165, 1.54) is 17.0 Å². The Morgan fingerprint density at radius 3 is 2.50 bits per heavy atom. The van der Waals surface area contributed by atoms with E-state index in [-0.39, 0.29) is 17.4 Å². The Labute approximate surface area is 198 Å². The maximum absolute atomic E-state index is 13.5. The Morgan fingerprint density at radius 1 is 1.21 bits per heavy atom. The molecule has 4 rings (SSSR count). The smallest absolute Gasteiger partial charge is 0.417 e. The summed E-state index contributed by atoms with van der Waals surface area (Å²) in [6.45, 7) is 4.93. The van der Waals surface area contributed by atoms with E-state index in [0.717, 1.165) is 17.0 Å². The van der Waals surface area contributed by atoms with E-state index in [4.69, 9.17) is 27.0 Å². The Balaban J connectivity index is 1.73. The first-order chi connectivity index (χ1) is 15.9. The van der Waals surface area contributed by atoms with Crippen molar-refractivity contribution < 1.29 is 32.5 Å². The molecule has 2 aliphatic rings. The van der Waals surface area contributed by atoms with Crippen LogP contribution in [0.4, 0.5) is 24.5 Å². The number of thiocarbonyl (C=S) groups is 1. The maximum atomic E-state index is 13.5. The zero-order valence-electron chi connectivity index (χ0n) is 18.4. The van der Waals surface area contributed by atoms with Gasteiger partial charge < -0.3 is 19.5 Å². The molecule has 34 heavy (non-hydrogen) atoms. The van der Waals surface area contributed by atoms with Crippen molar-refractivity contribution in [3.63, 3.8) is 0 Å². The van der Waals surface area contributed by atoms with Gasteiger partial charge in [-0.25, -0.2) is 0 Å². The minimum atomic E-state index is -4.78. The highest BCUT2D eigenvalue weighted by atomic mass is 32.1. The highest BCUT2D eigenvalue weighted by Gasteiger charge is 2.51. The molecule has 0 saturated carbocycles. The average Bonchev–Trinajstić information content (AvgIpc) is 2.95. The van der Waals surface area contributed by atoms with Crippen LogP contribution in [-0.4, -0.2) is 40.5 Å². The zero-order valence-corrected chi connectivity index (χ0v) is 19.2. The minimum absolute atomic E-state index is 0.0219. The maximum Gasteiger partial charge on any atom is 0.417 e. The topological polar surface area (TPSA) is 86.0 Å². The van der Waals surface area contributed by atoms with Crippen LogP contribution in [0.25, 0.3) is 0 Å². The number of rotatable bonds is 3. The van der Waals surface area contributed by atoms with Gasteiger partial charge in [0.25, 0.3) is 5.91 Å². The molecule has 0 bridgehead atoms. The van der Waals surface area contributed by atoms with Crippen LogP contribution in [0.1, 0.15) is 31.9 Å². The van der Waals surface area contributed by atoms with Gasteiger partial charge in [0.1, 0.15) is 12.1 Å². The van der Waals surface area contributed by atoms with Crippen molar-refractivity contribution in [1.29, 1.82) is 5.26 Å². The lowest BCUT2D eigenvalue weighted by atomic mass is 10.0. The van der Waals surface area contributed by atoms with Gasteiger partial charge in [-0.05, 0) is 63.3 Å². The monoisotopic (exact) mass is 491 g/mol. The molecule has 0 aliphatic carbocycles. The Morgan fingerprint density at radius 2 is 1.88 bits per heavy atom. The Kier molecular flexibility index (Phi) is 5.70. The van der Waals surface area contributed by atoms with Gasteiger partial charge in [0.05, 0.1) is 29.0 Å². The number of hydrogen-bond acceptors (Lipinski definition) is 6. The first-order valence-corrected chi connectivity index (χ1v) is 10.7. The number of carbonyl (C=O) groups excluding carboxylic acids is 1. The number of fused-ring (bicyclic) bond motifs is 1. The molecule has 1 amide bonds. The van der Waals surface area contributed by atoms with Gasteiger partial charge in [-0.15, -0.1) is 0 Å². The molecule has 0 radical (unpaired) electrons. The van der Waals surface area contributed by atoms with Crippen LogP contribution >= 0.6 is 12.2 Å². The third-order valence-corrected chi connectivity index (χ3v) is 6.13. The zero-order chi connectivity index (χ0) is 25.0. The normalized spacial score (nSPS) is 20.4. The summed E-state index contributed by atoms with van der Waals surface area (Å²) in [5.41, 5.74) is -2.53. The second-order valence-electron chi connectivity index (χ2n) is 8.50. The van der Waals surface area contributed by atoms with Crippen LogP contribution in [0.2, 0.25) is 0 Å². The first-order valence-electron chi connectivity index (χ1n) is 10.3. The van der Waals surface area contributed by atoms with Crippen molar-refractivity contribution in [2.24, 2.45) is 0 Å². The lowest BCUT2D eigenvalue weighted by molar-refractivity contribution is -0.137. The first kappa shape index (κ1) is 23.8. The van der Waals surface area contributed by atoms with E-state index >= 15 is 0 Å².